The number of hydrazine groups is 1. The molecule has 0 bridgehead atoms. The van der Waals surface area contributed by atoms with Crippen LogP contribution >= 0.6 is 0 Å². The Labute approximate surface area is 237 Å². The minimum absolute atomic E-state index is 0.0219. The lowest BCUT2D eigenvalue weighted by molar-refractivity contribution is -0.135. The first kappa shape index (κ1) is 26.9. The quantitative estimate of drug-likeness (QED) is 0.314. The zero-order valence-electron chi connectivity index (χ0n) is 22.9. The summed E-state index contributed by atoms with van der Waals surface area (Å²) in [6.07, 6.45) is 0. The minimum atomic E-state index is -0.417. The van der Waals surface area contributed by atoms with Crippen molar-refractivity contribution in [1.82, 2.24) is 30.4 Å². The van der Waals surface area contributed by atoms with Crippen LogP contribution in [-0.4, -0.2) is 108 Å². The van der Waals surface area contributed by atoms with Gasteiger partial charge in [-0.05, 0) is 36.9 Å². The molecule has 41 heavy (non-hydrogen) atoms. The first-order chi connectivity index (χ1) is 20.0. The van der Waals surface area contributed by atoms with Gasteiger partial charge in [-0.25, -0.2) is 9.80 Å². The molecule has 3 aliphatic rings. The molecule has 3 heterocycles. The van der Waals surface area contributed by atoms with Gasteiger partial charge in [-0.1, -0.05) is 19.1 Å². The molecule has 2 aliphatic heterocycles. The van der Waals surface area contributed by atoms with E-state index in [-0.39, 0.29) is 18.3 Å². The molecule has 214 valence electrons. The molecule has 0 saturated carbocycles. The molecule has 0 atom stereocenters. The second-order valence-corrected chi connectivity index (χ2v) is 10.2. The van der Waals surface area contributed by atoms with Crippen molar-refractivity contribution in [1.29, 1.82) is 0 Å². The number of H-pyrrole nitrogens is 1. The maximum atomic E-state index is 13.6. The normalized spacial score (nSPS) is 17.2. The van der Waals surface area contributed by atoms with Gasteiger partial charge < -0.3 is 24.6 Å². The lowest BCUT2D eigenvalue weighted by Gasteiger charge is -2.33. The molecule has 1 aliphatic carbocycles. The van der Waals surface area contributed by atoms with E-state index in [2.05, 4.69) is 32.8 Å². The van der Waals surface area contributed by atoms with E-state index in [4.69, 9.17) is 9.47 Å². The lowest BCUT2D eigenvalue weighted by Crippen LogP contribution is -2.49. The van der Waals surface area contributed by atoms with Crippen molar-refractivity contribution >= 4 is 23.4 Å². The fourth-order valence-corrected chi connectivity index (χ4v) is 5.43. The number of morpholine rings is 1. The van der Waals surface area contributed by atoms with E-state index in [1.165, 1.54) is 0 Å². The fourth-order valence-electron chi connectivity index (χ4n) is 5.43. The molecule has 12 nitrogen and oxygen atoms in total. The largest absolute Gasteiger partial charge is 0.484 e. The van der Waals surface area contributed by atoms with Gasteiger partial charge >= 0.3 is 6.03 Å². The Bertz CT molecular complexity index is 1440. The van der Waals surface area contributed by atoms with Crippen LogP contribution in [0.4, 0.5) is 10.5 Å². The van der Waals surface area contributed by atoms with Gasteiger partial charge in [0.15, 0.2) is 12.4 Å². The molecule has 0 radical (unpaired) electrons. The zero-order valence-corrected chi connectivity index (χ0v) is 22.9. The van der Waals surface area contributed by atoms with Gasteiger partial charge in [-0.2, -0.15) is 5.10 Å². The molecule has 3 amide bonds. The van der Waals surface area contributed by atoms with E-state index in [1.807, 2.05) is 23.1 Å². The third kappa shape index (κ3) is 5.53. The van der Waals surface area contributed by atoms with Gasteiger partial charge in [0.25, 0.3) is 5.91 Å². The highest BCUT2D eigenvalue weighted by atomic mass is 16.5. The Balaban J connectivity index is 1.12. The molecule has 1 aromatic heterocycles. The number of rotatable bonds is 7. The summed E-state index contributed by atoms with van der Waals surface area (Å²) < 4.78 is 11.1. The van der Waals surface area contributed by atoms with Crippen LogP contribution in [0.3, 0.4) is 0 Å². The van der Waals surface area contributed by atoms with Crippen molar-refractivity contribution in [3.05, 3.63) is 53.6 Å². The number of aromatic amines is 1. The number of ether oxygens (including phenoxy) is 2. The number of hydrogen-bond donors (Lipinski definition) is 3. The number of urea groups is 1. The maximum absolute atomic E-state index is 13.6. The van der Waals surface area contributed by atoms with Gasteiger partial charge in [-0.15, -0.1) is 0 Å². The number of anilines is 1. The number of likely N-dealkylation sites (N-methyl/N-ethyl adjacent to an activating group) is 1. The van der Waals surface area contributed by atoms with E-state index < -0.39 is 6.03 Å². The lowest BCUT2D eigenvalue weighted by atomic mass is 10.0. The van der Waals surface area contributed by atoms with Crippen molar-refractivity contribution in [2.24, 2.45) is 0 Å². The second kappa shape index (κ2) is 11.7. The molecule has 3 aromatic rings. The number of amides is 3. The monoisotopic (exact) mass is 559 g/mol. The number of hydrogen-bond acceptors (Lipinski definition) is 8. The third-order valence-corrected chi connectivity index (χ3v) is 7.74. The van der Waals surface area contributed by atoms with Crippen LogP contribution in [0.15, 0.2) is 42.5 Å². The average Bonchev–Trinajstić information content (AvgIpc) is 3.56. The summed E-state index contributed by atoms with van der Waals surface area (Å²) >= 11 is 0. The molecule has 2 saturated heterocycles. The van der Waals surface area contributed by atoms with Gasteiger partial charge in [-0.3, -0.25) is 20.1 Å². The molecule has 6 rings (SSSR count). The number of ketones is 1. The Morgan fingerprint density at radius 2 is 1.76 bits per heavy atom. The zero-order chi connectivity index (χ0) is 28.3. The maximum Gasteiger partial charge on any atom is 0.333 e. The average molecular weight is 560 g/mol. The van der Waals surface area contributed by atoms with Crippen LogP contribution in [0, 0.1) is 0 Å². The van der Waals surface area contributed by atoms with Crippen molar-refractivity contribution in [2.75, 3.05) is 71.0 Å². The molecule has 3 N–H and O–H groups in total. The van der Waals surface area contributed by atoms with E-state index in [0.717, 1.165) is 25.2 Å². The van der Waals surface area contributed by atoms with E-state index in [0.29, 0.717) is 78.9 Å². The van der Waals surface area contributed by atoms with Crippen molar-refractivity contribution < 1.29 is 23.9 Å². The smallest absolute Gasteiger partial charge is 0.333 e. The number of carbonyl (C=O) groups is 3. The van der Waals surface area contributed by atoms with Crippen LogP contribution in [0.5, 0.6) is 5.75 Å². The van der Waals surface area contributed by atoms with Crippen molar-refractivity contribution in [2.45, 2.75) is 6.92 Å². The number of nitrogens with zero attached hydrogens (tertiary/aromatic N) is 4. The van der Waals surface area contributed by atoms with Crippen molar-refractivity contribution in [3.8, 4) is 28.3 Å². The second-order valence-electron chi connectivity index (χ2n) is 10.2. The molecule has 2 fully saturated rings. The highest BCUT2D eigenvalue weighted by molar-refractivity contribution is 6.26. The molecular weight excluding hydrogens is 526 g/mol. The van der Waals surface area contributed by atoms with Crippen LogP contribution in [0.1, 0.15) is 22.8 Å². The van der Waals surface area contributed by atoms with Crippen LogP contribution in [-0.2, 0) is 9.53 Å². The third-order valence-electron chi connectivity index (χ3n) is 7.74. The predicted octanol–water partition coefficient (Wildman–Crippen LogP) is 2.20. The number of benzene rings is 2. The first-order valence-electron chi connectivity index (χ1n) is 13.9. The highest BCUT2D eigenvalue weighted by Crippen LogP contribution is 2.43. The van der Waals surface area contributed by atoms with Gasteiger partial charge in [0.1, 0.15) is 11.4 Å². The Hall–Kier alpha value is -4.26. The predicted molar refractivity (Wildman–Crippen MR) is 152 cm³/mol. The summed E-state index contributed by atoms with van der Waals surface area (Å²) in [5, 5.41) is 12.1. The first-order valence-corrected chi connectivity index (χ1v) is 13.9. The van der Waals surface area contributed by atoms with E-state index in [1.54, 1.807) is 29.3 Å². The Morgan fingerprint density at radius 1 is 1.00 bits per heavy atom. The van der Waals surface area contributed by atoms with Crippen molar-refractivity contribution in [3.63, 3.8) is 0 Å². The van der Waals surface area contributed by atoms with Gasteiger partial charge in [0.2, 0.25) is 0 Å². The number of fused-ring (bicyclic) bond motifs is 3. The summed E-state index contributed by atoms with van der Waals surface area (Å²) in [5.41, 5.74) is 6.67. The molecule has 0 spiro atoms. The molecule has 0 unspecified atom stereocenters. The molecule has 12 heteroatoms. The molecular formula is C29H33N7O5. The Kier molecular flexibility index (Phi) is 7.68. The standard InChI is InChI=1S/C29H33N7O5/c1-2-34-10-12-35(13-11-34)23(37)18-41-20-8-6-19(7-9-20)26-25-27(32-31-26)21-4-3-5-22(24(21)28(25)38)30-29(39)33-36-14-16-40-17-15-36/h3-9H,2,10-18H2,1H3,(H,31,32)(H2,30,33,39). The number of nitrogens with one attached hydrogen (secondary N) is 3. The van der Waals surface area contributed by atoms with Crippen LogP contribution in [0.25, 0.3) is 22.5 Å². The topological polar surface area (TPSA) is 132 Å². The highest BCUT2D eigenvalue weighted by Gasteiger charge is 2.35. The van der Waals surface area contributed by atoms with Crippen LogP contribution in [0.2, 0.25) is 0 Å². The summed E-state index contributed by atoms with van der Waals surface area (Å²) in [7, 11) is 0. The summed E-state index contributed by atoms with van der Waals surface area (Å²) in [6.45, 7) is 8.57. The van der Waals surface area contributed by atoms with Gasteiger partial charge in [0.05, 0.1) is 35.7 Å². The summed E-state index contributed by atoms with van der Waals surface area (Å²) in [5.74, 6) is 0.324. The van der Waals surface area contributed by atoms with E-state index >= 15 is 0 Å². The van der Waals surface area contributed by atoms with Gasteiger partial charge in [0, 0.05) is 50.4 Å². The number of aromatic nitrogens is 2. The van der Waals surface area contributed by atoms with E-state index in [9.17, 15) is 14.4 Å². The Morgan fingerprint density at radius 3 is 2.49 bits per heavy atom. The number of piperazine rings is 1. The number of carbonyl (C=O) groups excluding carboxylic acids is 3. The fraction of sp³-hybridized carbons (Fsp3) is 0.379. The van der Waals surface area contributed by atoms with Crippen LogP contribution < -0.4 is 15.5 Å². The molecule has 2 aromatic carbocycles. The minimum Gasteiger partial charge on any atom is -0.484 e. The summed E-state index contributed by atoms with van der Waals surface area (Å²) in [6, 6.07) is 12.1. The SMILES string of the molecule is CCN1CCN(C(=O)COc2ccc(-c3n[nH]c4c3C(=O)c3c(NC(=O)NN5CCOCC5)cccc3-4)cc2)CC1. The summed E-state index contributed by atoms with van der Waals surface area (Å²) in [4.78, 5) is 43.0.